The Bertz CT molecular complexity index is 777. The van der Waals surface area contributed by atoms with E-state index in [0.717, 1.165) is 67.8 Å². The molecule has 2 amide bonds. The van der Waals surface area contributed by atoms with E-state index in [1.165, 1.54) is 19.3 Å². The number of ether oxygens (including phenoxy) is 1. The maximum Gasteiger partial charge on any atom is 0.251 e. The maximum atomic E-state index is 12.8. The molecular weight excluding hydrogens is 392 g/mol. The fourth-order valence-electron chi connectivity index (χ4n) is 5.25. The van der Waals surface area contributed by atoms with Crippen LogP contribution in [0.4, 0.5) is 0 Å². The summed E-state index contributed by atoms with van der Waals surface area (Å²) in [5.41, 5.74) is 2.69. The van der Waals surface area contributed by atoms with Crippen molar-refractivity contribution in [1.29, 1.82) is 0 Å². The molecule has 0 spiro atoms. The third-order valence-corrected chi connectivity index (χ3v) is 7.05. The minimum Gasteiger partial charge on any atom is -0.368 e. The predicted molar refractivity (Wildman–Crippen MR) is 118 cm³/mol. The molecule has 2 atom stereocenters. The molecule has 0 bridgehead atoms. The number of nitrogens with one attached hydrogen (secondary N) is 1. The van der Waals surface area contributed by atoms with Gasteiger partial charge in [0.05, 0.1) is 6.42 Å². The Labute approximate surface area is 185 Å². The number of carbonyl (C=O) groups excluding carboxylic acids is 2. The lowest BCUT2D eigenvalue weighted by Crippen LogP contribution is -2.44. The van der Waals surface area contributed by atoms with Crippen LogP contribution in [-0.4, -0.2) is 58.5 Å². The van der Waals surface area contributed by atoms with E-state index in [1.807, 2.05) is 18.7 Å². The Morgan fingerprint density at radius 2 is 1.74 bits per heavy atom. The molecule has 2 saturated heterocycles. The first-order chi connectivity index (χ1) is 15.0. The van der Waals surface area contributed by atoms with Crippen molar-refractivity contribution in [3.8, 4) is 0 Å². The Morgan fingerprint density at radius 1 is 1.00 bits per heavy atom. The lowest BCUT2D eigenvalue weighted by atomic mass is 9.95. The summed E-state index contributed by atoms with van der Waals surface area (Å²) in [5, 5.41) is 3.19. The fraction of sp³-hybridized carbons (Fsp3) is 0.750. The van der Waals surface area contributed by atoms with Gasteiger partial charge in [-0.25, -0.2) is 9.97 Å². The summed E-state index contributed by atoms with van der Waals surface area (Å²) in [6, 6.07) is 0.316. The van der Waals surface area contributed by atoms with Gasteiger partial charge in [0.1, 0.15) is 11.9 Å². The molecule has 1 aromatic rings. The van der Waals surface area contributed by atoms with Crippen molar-refractivity contribution < 1.29 is 14.3 Å². The third-order valence-electron chi connectivity index (χ3n) is 7.05. The summed E-state index contributed by atoms with van der Waals surface area (Å²) < 4.78 is 5.59. The van der Waals surface area contributed by atoms with Crippen molar-refractivity contribution in [2.75, 3.05) is 19.7 Å². The van der Waals surface area contributed by atoms with E-state index < -0.39 is 0 Å². The second-order valence-corrected chi connectivity index (χ2v) is 9.44. The molecule has 3 aliphatic rings. The average molecular weight is 429 g/mol. The van der Waals surface area contributed by atoms with Crippen molar-refractivity contribution in [2.45, 2.75) is 96.1 Å². The first-order valence-corrected chi connectivity index (χ1v) is 12.0. The van der Waals surface area contributed by atoms with Gasteiger partial charge in [-0.1, -0.05) is 19.3 Å². The molecule has 1 aromatic heterocycles. The number of aryl methyl sites for hydroxylation is 2. The van der Waals surface area contributed by atoms with Crippen LogP contribution in [0.1, 0.15) is 86.5 Å². The van der Waals surface area contributed by atoms with Crippen LogP contribution in [0.2, 0.25) is 0 Å². The van der Waals surface area contributed by atoms with Gasteiger partial charge in [-0.3, -0.25) is 9.59 Å². The highest BCUT2D eigenvalue weighted by molar-refractivity contribution is 5.81. The van der Waals surface area contributed by atoms with E-state index in [0.29, 0.717) is 25.6 Å². The van der Waals surface area contributed by atoms with Crippen LogP contribution in [0, 0.1) is 13.8 Å². The zero-order chi connectivity index (χ0) is 21.8. The van der Waals surface area contributed by atoms with Crippen LogP contribution in [0.5, 0.6) is 0 Å². The number of hydrogen-bond acceptors (Lipinski definition) is 5. The molecule has 0 radical (unpaired) electrons. The van der Waals surface area contributed by atoms with Gasteiger partial charge < -0.3 is 15.0 Å². The Hall–Kier alpha value is -2.02. The van der Waals surface area contributed by atoms with Crippen molar-refractivity contribution in [1.82, 2.24) is 20.2 Å². The molecule has 3 fully saturated rings. The summed E-state index contributed by atoms with van der Waals surface area (Å²) in [5.74, 6) is 1.13. The minimum atomic E-state index is -0.270. The number of piperidine rings is 1. The van der Waals surface area contributed by atoms with Crippen LogP contribution >= 0.6 is 0 Å². The van der Waals surface area contributed by atoms with Gasteiger partial charge in [0, 0.05) is 48.6 Å². The minimum absolute atomic E-state index is 0.0699. The lowest BCUT2D eigenvalue weighted by molar-refractivity contribution is -0.142. The van der Waals surface area contributed by atoms with Gasteiger partial charge in [-0.15, -0.1) is 0 Å². The topological polar surface area (TPSA) is 84.4 Å². The standard InChI is InChI=1S/C24H36N4O3/c1-16-20(14-22(29)27-19-9-4-3-5-10-19)17(2)26-23(25-16)18-8-6-12-28(15-18)24(30)21-11-7-13-31-21/h18-19,21H,3-15H2,1-2H3,(H,27,29)/t18-,21+/m1/s1. The van der Waals surface area contributed by atoms with Crippen molar-refractivity contribution >= 4 is 11.8 Å². The smallest absolute Gasteiger partial charge is 0.251 e. The Kier molecular flexibility index (Phi) is 7.20. The van der Waals surface area contributed by atoms with E-state index in [9.17, 15) is 9.59 Å². The summed E-state index contributed by atoms with van der Waals surface area (Å²) in [4.78, 5) is 36.9. The third kappa shape index (κ3) is 5.43. The first kappa shape index (κ1) is 22.2. The highest BCUT2D eigenvalue weighted by atomic mass is 16.5. The van der Waals surface area contributed by atoms with Gasteiger partial charge in [0.15, 0.2) is 0 Å². The average Bonchev–Trinajstić information content (AvgIpc) is 3.31. The summed E-state index contributed by atoms with van der Waals surface area (Å²) in [6.07, 6.45) is 9.64. The van der Waals surface area contributed by atoms with E-state index in [2.05, 4.69) is 5.32 Å². The van der Waals surface area contributed by atoms with Gasteiger partial charge in [-0.2, -0.15) is 0 Å². The second-order valence-electron chi connectivity index (χ2n) is 9.44. The maximum absolute atomic E-state index is 12.8. The Morgan fingerprint density at radius 3 is 2.42 bits per heavy atom. The van der Waals surface area contributed by atoms with Gasteiger partial charge in [-0.05, 0) is 52.4 Å². The first-order valence-electron chi connectivity index (χ1n) is 12.0. The molecule has 1 saturated carbocycles. The monoisotopic (exact) mass is 428 g/mol. The number of rotatable bonds is 5. The van der Waals surface area contributed by atoms with Crippen molar-refractivity contribution in [3.63, 3.8) is 0 Å². The number of likely N-dealkylation sites (tertiary alicyclic amines) is 1. The largest absolute Gasteiger partial charge is 0.368 e. The molecule has 7 heteroatoms. The van der Waals surface area contributed by atoms with E-state index in [1.54, 1.807) is 0 Å². The zero-order valence-corrected chi connectivity index (χ0v) is 19.0. The number of hydrogen-bond donors (Lipinski definition) is 1. The summed E-state index contributed by atoms with van der Waals surface area (Å²) in [6.45, 7) is 6.07. The molecule has 2 aliphatic heterocycles. The number of aromatic nitrogens is 2. The summed E-state index contributed by atoms with van der Waals surface area (Å²) >= 11 is 0. The predicted octanol–water partition coefficient (Wildman–Crippen LogP) is 2.97. The molecule has 170 valence electrons. The molecule has 31 heavy (non-hydrogen) atoms. The van der Waals surface area contributed by atoms with Crippen LogP contribution in [0.15, 0.2) is 0 Å². The highest BCUT2D eigenvalue weighted by Gasteiger charge is 2.33. The molecule has 4 rings (SSSR count). The molecule has 0 aromatic carbocycles. The van der Waals surface area contributed by atoms with Crippen LogP contribution in [-0.2, 0) is 20.7 Å². The van der Waals surface area contributed by atoms with E-state index in [-0.39, 0.29) is 23.8 Å². The van der Waals surface area contributed by atoms with Crippen molar-refractivity contribution in [2.24, 2.45) is 0 Å². The normalized spacial score (nSPS) is 24.9. The second kappa shape index (κ2) is 10.1. The molecular formula is C24H36N4O3. The SMILES string of the molecule is Cc1nc([C@@H]2CCCN(C(=O)[C@@H]3CCCO3)C2)nc(C)c1CC(=O)NC1CCCCC1. The van der Waals surface area contributed by atoms with Gasteiger partial charge in [0.2, 0.25) is 5.91 Å². The highest BCUT2D eigenvalue weighted by Crippen LogP contribution is 2.28. The Balaban J connectivity index is 1.40. The van der Waals surface area contributed by atoms with Gasteiger partial charge in [0.25, 0.3) is 5.91 Å². The van der Waals surface area contributed by atoms with E-state index >= 15 is 0 Å². The molecule has 1 N–H and O–H groups in total. The molecule has 0 unspecified atom stereocenters. The number of carbonyl (C=O) groups is 2. The van der Waals surface area contributed by atoms with Crippen LogP contribution < -0.4 is 5.32 Å². The molecule has 3 heterocycles. The van der Waals surface area contributed by atoms with Gasteiger partial charge >= 0.3 is 0 Å². The van der Waals surface area contributed by atoms with Crippen molar-refractivity contribution in [3.05, 3.63) is 22.8 Å². The molecule has 1 aliphatic carbocycles. The van der Waals surface area contributed by atoms with E-state index in [4.69, 9.17) is 14.7 Å². The fourth-order valence-corrected chi connectivity index (χ4v) is 5.25. The number of amides is 2. The van der Waals surface area contributed by atoms with Crippen LogP contribution in [0.3, 0.4) is 0 Å². The quantitative estimate of drug-likeness (QED) is 0.779. The zero-order valence-electron chi connectivity index (χ0n) is 19.0. The number of nitrogens with zero attached hydrogens (tertiary/aromatic N) is 3. The summed E-state index contributed by atoms with van der Waals surface area (Å²) in [7, 11) is 0. The lowest BCUT2D eigenvalue weighted by Gasteiger charge is -2.33. The van der Waals surface area contributed by atoms with Crippen LogP contribution in [0.25, 0.3) is 0 Å². The molecule has 7 nitrogen and oxygen atoms in total.